The fourth-order valence-corrected chi connectivity index (χ4v) is 2.91. The summed E-state index contributed by atoms with van der Waals surface area (Å²) in [5, 5.41) is 14.7. The number of urea groups is 1. The van der Waals surface area contributed by atoms with Crippen LogP contribution < -0.4 is 10.6 Å². The van der Waals surface area contributed by atoms with E-state index in [1.165, 1.54) is 25.3 Å². The van der Waals surface area contributed by atoms with Crippen molar-refractivity contribution in [3.05, 3.63) is 28.8 Å². The summed E-state index contributed by atoms with van der Waals surface area (Å²) in [4.78, 5) is 34.8. The first kappa shape index (κ1) is 18.1. The maximum Gasteiger partial charge on any atom is 0.339 e. The number of benzene rings is 1. The van der Waals surface area contributed by atoms with E-state index in [2.05, 4.69) is 15.4 Å². The number of methoxy groups -OCH3 is 1. The summed E-state index contributed by atoms with van der Waals surface area (Å²) in [6, 6.07) is 3.91. The van der Waals surface area contributed by atoms with Crippen molar-refractivity contribution in [1.29, 1.82) is 0 Å². The molecule has 1 aliphatic carbocycles. The molecule has 0 heterocycles. The van der Waals surface area contributed by atoms with E-state index in [9.17, 15) is 14.4 Å². The lowest BCUT2D eigenvalue weighted by Crippen LogP contribution is -2.41. The predicted octanol–water partition coefficient (Wildman–Crippen LogP) is 2.89. The van der Waals surface area contributed by atoms with Crippen LogP contribution >= 0.6 is 11.6 Å². The van der Waals surface area contributed by atoms with E-state index in [1.807, 2.05) is 0 Å². The Morgan fingerprint density at radius 3 is 2.46 bits per heavy atom. The molecule has 0 radical (unpaired) electrons. The van der Waals surface area contributed by atoms with Crippen LogP contribution in [0.3, 0.4) is 0 Å². The summed E-state index contributed by atoms with van der Waals surface area (Å²) in [6.45, 7) is 0. The Hall–Kier alpha value is -2.28. The van der Waals surface area contributed by atoms with Crippen molar-refractivity contribution >= 4 is 35.3 Å². The summed E-state index contributed by atoms with van der Waals surface area (Å²) in [5.74, 6) is -1.71. The molecule has 3 N–H and O–H groups in total. The average Bonchev–Trinajstić information content (AvgIpc) is 2.54. The SMILES string of the molecule is COC(=O)c1ccc(Cl)cc1NC(=O)NC1CCC(C(=O)O)CC1. The number of carbonyl (C=O) groups is 3. The highest BCUT2D eigenvalue weighted by Gasteiger charge is 2.27. The third-order valence-corrected chi connectivity index (χ3v) is 4.28. The number of amides is 2. The molecule has 24 heavy (non-hydrogen) atoms. The third-order valence-electron chi connectivity index (χ3n) is 4.05. The van der Waals surface area contributed by atoms with Gasteiger partial charge in [0.15, 0.2) is 0 Å². The number of rotatable bonds is 4. The zero-order valence-corrected chi connectivity index (χ0v) is 13.9. The number of carboxylic acids is 1. The zero-order chi connectivity index (χ0) is 17.7. The van der Waals surface area contributed by atoms with Crippen molar-refractivity contribution in [3.8, 4) is 0 Å². The van der Waals surface area contributed by atoms with Crippen molar-refractivity contribution < 1.29 is 24.2 Å². The monoisotopic (exact) mass is 354 g/mol. The molecule has 0 bridgehead atoms. The van der Waals surface area contributed by atoms with Gasteiger partial charge in [0.25, 0.3) is 0 Å². The molecule has 1 aromatic carbocycles. The highest BCUT2D eigenvalue weighted by Crippen LogP contribution is 2.25. The minimum absolute atomic E-state index is 0.0960. The lowest BCUT2D eigenvalue weighted by molar-refractivity contribution is -0.142. The highest BCUT2D eigenvalue weighted by atomic mass is 35.5. The van der Waals surface area contributed by atoms with Gasteiger partial charge in [-0.05, 0) is 43.9 Å². The van der Waals surface area contributed by atoms with Crippen LogP contribution in [0.1, 0.15) is 36.0 Å². The van der Waals surface area contributed by atoms with E-state index in [-0.39, 0.29) is 23.2 Å². The van der Waals surface area contributed by atoms with Crippen LogP contribution in [0.4, 0.5) is 10.5 Å². The quantitative estimate of drug-likeness (QED) is 0.721. The fraction of sp³-hybridized carbons (Fsp3) is 0.438. The van der Waals surface area contributed by atoms with E-state index >= 15 is 0 Å². The smallest absolute Gasteiger partial charge is 0.339 e. The lowest BCUT2D eigenvalue weighted by atomic mass is 9.86. The van der Waals surface area contributed by atoms with E-state index < -0.39 is 18.0 Å². The Bertz CT molecular complexity index is 641. The first-order chi connectivity index (χ1) is 11.4. The summed E-state index contributed by atoms with van der Waals surface area (Å²) in [6.07, 6.45) is 2.27. The van der Waals surface area contributed by atoms with Gasteiger partial charge in [-0.2, -0.15) is 0 Å². The molecule has 0 atom stereocenters. The standard InChI is InChI=1S/C16H19ClN2O5/c1-24-15(22)12-7-4-10(17)8-13(12)19-16(23)18-11-5-2-9(3-6-11)14(20)21/h4,7-9,11H,2-3,5-6H2,1H3,(H,20,21)(H2,18,19,23). The van der Waals surface area contributed by atoms with Crippen molar-refractivity contribution in [2.24, 2.45) is 5.92 Å². The zero-order valence-electron chi connectivity index (χ0n) is 13.2. The Labute approximate surface area is 144 Å². The Balaban J connectivity index is 1.97. The molecule has 0 unspecified atom stereocenters. The molecule has 1 aromatic rings. The molecule has 0 saturated heterocycles. The van der Waals surface area contributed by atoms with Crippen molar-refractivity contribution in [3.63, 3.8) is 0 Å². The molecular formula is C16H19ClN2O5. The molecular weight excluding hydrogens is 336 g/mol. The number of carboxylic acid groups (broad SMARTS) is 1. The molecule has 1 aliphatic rings. The molecule has 1 fully saturated rings. The van der Waals surface area contributed by atoms with Gasteiger partial charge in [0.05, 0.1) is 24.3 Å². The Morgan fingerprint density at radius 1 is 1.21 bits per heavy atom. The summed E-state index contributed by atoms with van der Waals surface area (Å²) in [5.41, 5.74) is 0.456. The van der Waals surface area contributed by atoms with E-state index in [1.54, 1.807) is 0 Å². The van der Waals surface area contributed by atoms with E-state index in [0.29, 0.717) is 30.7 Å². The summed E-state index contributed by atoms with van der Waals surface area (Å²) < 4.78 is 4.67. The number of hydrogen-bond donors (Lipinski definition) is 3. The second-order valence-corrected chi connectivity index (χ2v) is 6.10. The van der Waals surface area contributed by atoms with Gasteiger partial charge in [0.2, 0.25) is 0 Å². The van der Waals surface area contributed by atoms with Crippen molar-refractivity contribution in [2.75, 3.05) is 12.4 Å². The van der Waals surface area contributed by atoms with Gasteiger partial charge in [-0.1, -0.05) is 11.6 Å². The molecule has 130 valence electrons. The van der Waals surface area contributed by atoms with Crippen LogP contribution in [0.2, 0.25) is 5.02 Å². The minimum Gasteiger partial charge on any atom is -0.481 e. The van der Waals surface area contributed by atoms with Gasteiger partial charge in [-0.15, -0.1) is 0 Å². The van der Waals surface area contributed by atoms with Gasteiger partial charge in [0.1, 0.15) is 0 Å². The molecule has 8 heteroatoms. The van der Waals surface area contributed by atoms with Crippen molar-refractivity contribution in [2.45, 2.75) is 31.7 Å². The lowest BCUT2D eigenvalue weighted by Gasteiger charge is -2.27. The van der Waals surface area contributed by atoms with Crippen LogP contribution in [-0.4, -0.2) is 36.2 Å². The van der Waals surface area contributed by atoms with Gasteiger partial charge >= 0.3 is 18.0 Å². The number of anilines is 1. The Kier molecular flexibility index (Phi) is 6.03. The van der Waals surface area contributed by atoms with Gasteiger partial charge in [-0.25, -0.2) is 9.59 Å². The van der Waals surface area contributed by atoms with Crippen molar-refractivity contribution in [1.82, 2.24) is 5.32 Å². The second kappa shape index (κ2) is 8.01. The van der Waals surface area contributed by atoms with Crippen LogP contribution in [0.5, 0.6) is 0 Å². The number of carbonyl (C=O) groups excluding carboxylic acids is 2. The van der Waals surface area contributed by atoms with Crippen LogP contribution in [0, 0.1) is 5.92 Å². The molecule has 0 aromatic heterocycles. The van der Waals surface area contributed by atoms with E-state index in [4.69, 9.17) is 16.7 Å². The Morgan fingerprint density at radius 2 is 1.88 bits per heavy atom. The van der Waals surface area contributed by atoms with Gasteiger partial charge < -0.3 is 20.5 Å². The minimum atomic E-state index is -0.792. The number of ether oxygens (including phenoxy) is 1. The predicted molar refractivity (Wildman–Crippen MR) is 88.3 cm³/mol. The molecule has 2 amide bonds. The highest BCUT2D eigenvalue weighted by molar-refractivity contribution is 6.31. The normalized spacial score (nSPS) is 20.1. The number of aliphatic carboxylic acids is 1. The summed E-state index contributed by atoms with van der Waals surface area (Å²) >= 11 is 5.91. The first-order valence-corrected chi connectivity index (χ1v) is 7.96. The molecule has 0 aliphatic heterocycles. The third kappa shape index (κ3) is 4.61. The molecule has 0 spiro atoms. The van der Waals surface area contributed by atoms with E-state index in [0.717, 1.165) is 0 Å². The number of nitrogens with one attached hydrogen (secondary N) is 2. The molecule has 2 rings (SSSR count). The summed E-state index contributed by atoms with van der Waals surface area (Å²) in [7, 11) is 1.25. The maximum absolute atomic E-state index is 12.1. The molecule has 1 saturated carbocycles. The number of hydrogen-bond acceptors (Lipinski definition) is 4. The van der Waals surface area contributed by atoms with Crippen LogP contribution in [0.25, 0.3) is 0 Å². The topological polar surface area (TPSA) is 105 Å². The first-order valence-electron chi connectivity index (χ1n) is 7.59. The largest absolute Gasteiger partial charge is 0.481 e. The number of halogens is 1. The number of esters is 1. The average molecular weight is 355 g/mol. The van der Waals surface area contributed by atoms with Gasteiger partial charge in [-0.3, -0.25) is 4.79 Å². The fourth-order valence-electron chi connectivity index (χ4n) is 2.74. The molecule has 7 nitrogen and oxygen atoms in total. The van der Waals surface area contributed by atoms with Gasteiger partial charge in [0, 0.05) is 11.1 Å². The maximum atomic E-state index is 12.1. The van der Waals surface area contributed by atoms with Crippen LogP contribution in [-0.2, 0) is 9.53 Å². The van der Waals surface area contributed by atoms with Crippen LogP contribution in [0.15, 0.2) is 18.2 Å². The second-order valence-electron chi connectivity index (χ2n) is 5.67.